The summed E-state index contributed by atoms with van der Waals surface area (Å²) in [6.45, 7) is 1.35. The zero-order valence-corrected chi connectivity index (χ0v) is 15.8. The van der Waals surface area contributed by atoms with E-state index in [1.807, 2.05) is 24.3 Å². The number of aromatic nitrogens is 3. The molecule has 2 aromatic carbocycles. The second-order valence-electron chi connectivity index (χ2n) is 6.39. The number of halogens is 1. The number of nitrogens with zero attached hydrogens (tertiary/aromatic N) is 4. The lowest BCUT2D eigenvalue weighted by Crippen LogP contribution is -2.36. The third-order valence-corrected chi connectivity index (χ3v) is 4.26. The van der Waals surface area contributed by atoms with Gasteiger partial charge in [-0.3, -0.25) is 0 Å². The van der Waals surface area contributed by atoms with Crippen molar-refractivity contribution in [2.75, 3.05) is 14.2 Å². The van der Waals surface area contributed by atoms with Crippen molar-refractivity contribution in [3.63, 3.8) is 0 Å². The van der Waals surface area contributed by atoms with E-state index in [2.05, 4.69) is 15.4 Å². The van der Waals surface area contributed by atoms with Gasteiger partial charge in [0.25, 0.3) is 0 Å². The molecule has 3 aromatic rings. The van der Waals surface area contributed by atoms with Crippen molar-refractivity contribution in [2.45, 2.75) is 19.6 Å². The van der Waals surface area contributed by atoms with Gasteiger partial charge in [0.2, 0.25) is 0 Å². The number of urea groups is 1. The molecule has 0 unspecified atom stereocenters. The number of carbonyl (C=O) groups is 1. The first-order chi connectivity index (χ1) is 13.5. The van der Waals surface area contributed by atoms with Gasteiger partial charge >= 0.3 is 6.03 Å². The zero-order valence-electron chi connectivity index (χ0n) is 15.8. The number of nitrogens with one attached hydrogen (secondary N) is 1. The lowest BCUT2D eigenvalue weighted by molar-refractivity contribution is 0.206. The smallest absolute Gasteiger partial charge is 0.317 e. The van der Waals surface area contributed by atoms with Crippen LogP contribution in [-0.2, 0) is 19.6 Å². The van der Waals surface area contributed by atoms with E-state index in [4.69, 9.17) is 4.74 Å². The Labute approximate surface area is 162 Å². The number of ether oxygens (including phenoxy) is 1. The predicted octanol–water partition coefficient (Wildman–Crippen LogP) is 2.82. The lowest BCUT2D eigenvalue weighted by Gasteiger charge is -2.18. The molecule has 7 nitrogen and oxygen atoms in total. The minimum Gasteiger partial charge on any atom is -0.494 e. The van der Waals surface area contributed by atoms with Crippen molar-refractivity contribution < 1.29 is 13.9 Å². The van der Waals surface area contributed by atoms with Crippen LogP contribution in [0, 0.1) is 5.82 Å². The summed E-state index contributed by atoms with van der Waals surface area (Å²) in [7, 11) is 3.08. The van der Waals surface area contributed by atoms with Crippen LogP contribution in [0.2, 0.25) is 0 Å². The van der Waals surface area contributed by atoms with Crippen LogP contribution in [-0.4, -0.2) is 39.9 Å². The van der Waals surface area contributed by atoms with Gasteiger partial charge in [-0.05, 0) is 28.8 Å². The van der Waals surface area contributed by atoms with Gasteiger partial charge in [-0.25, -0.2) is 18.9 Å². The molecule has 0 fully saturated rings. The standard InChI is InChI=1S/C20H22FN5O2/c1-25(11-17-7-8-19(28-2)18(21)9-17)20(27)23-10-15-3-5-16(6-4-15)12-26-14-22-13-24-26/h3-9,13-14H,10-12H2,1-2H3,(H,23,27). The summed E-state index contributed by atoms with van der Waals surface area (Å²) < 4.78 is 20.4. The number of amides is 2. The Bertz CT molecular complexity index is 913. The van der Waals surface area contributed by atoms with E-state index < -0.39 is 5.82 Å². The molecule has 0 radical (unpaired) electrons. The average Bonchev–Trinajstić information content (AvgIpc) is 3.20. The Balaban J connectivity index is 1.49. The van der Waals surface area contributed by atoms with E-state index in [0.29, 0.717) is 25.2 Å². The van der Waals surface area contributed by atoms with Crippen molar-refractivity contribution >= 4 is 6.03 Å². The van der Waals surface area contributed by atoms with E-state index >= 15 is 0 Å². The molecule has 1 aromatic heterocycles. The first-order valence-electron chi connectivity index (χ1n) is 8.77. The van der Waals surface area contributed by atoms with Crippen molar-refractivity contribution in [1.82, 2.24) is 25.0 Å². The minimum absolute atomic E-state index is 0.183. The summed E-state index contributed by atoms with van der Waals surface area (Å²) in [5.74, 6) is -0.261. The van der Waals surface area contributed by atoms with Crippen molar-refractivity contribution in [1.29, 1.82) is 0 Å². The van der Waals surface area contributed by atoms with Gasteiger partial charge in [-0.1, -0.05) is 30.3 Å². The van der Waals surface area contributed by atoms with Crippen LogP contribution in [0.5, 0.6) is 5.75 Å². The molecule has 0 aliphatic rings. The molecule has 1 heterocycles. The maximum absolute atomic E-state index is 13.8. The highest BCUT2D eigenvalue weighted by molar-refractivity contribution is 5.73. The van der Waals surface area contributed by atoms with Crippen LogP contribution < -0.4 is 10.1 Å². The molecule has 146 valence electrons. The van der Waals surface area contributed by atoms with Crippen molar-refractivity contribution in [2.24, 2.45) is 0 Å². The molecule has 2 amide bonds. The van der Waals surface area contributed by atoms with Crippen LogP contribution in [0.1, 0.15) is 16.7 Å². The number of rotatable bonds is 7. The third-order valence-electron chi connectivity index (χ3n) is 4.26. The molecule has 0 aliphatic carbocycles. The van der Waals surface area contributed by atoms with Gasteiger partial charge in [0, 0.05) is 20.1 Å². The minimum atomic E-state index is -0.445. The number of carbonyl (C=O) groups excluding carboxylic acids is 1. The second-order valence-corrected chi connectivity index (χ2v) is 6.39. The number of methoxy groups -OCH3 is 1. The summed E-state index contributed by atoms with van der Waals surface area (Å²) >= 11 is 0. The Hall–Kier alpha value is -3.42. The normalized spacial score (nSPS) is 10.5. The van der Waals surface area contributed by atoms with Gasteiger partial charge in [0.05, 0.1) is 13.7 Å². The van der Waals surface area contributed by atoms with E-state index in [9.17, 15) is 9.18 Å². The Kier molecular flexibility index (Phi) is 6.21. The van der Waals surface area contributed by atoms with Crippen LogP contribution in [0.15, 0.2) is 55.1 Å². The first-order valence-corrected chi connectivity index (χ1v) is 8.77. The predicted molar refractivity (Wildman–Crippen MR) is 102 cm³/mol. The summed E-state index contributed by atoms with van der Waals surface area (Å²) in [6, 6.07) is 12.3. The van der Waals surface area contributed by atoms with Crippen LogP contribution in [0.25, 0.3) is 0 Å². The van der Waals surface area contributed by atoms with Gasteiger partial charge in [0.15, 0.2) is 11.6 Å². The molecule has 0 saturated heterocycles. The summed E-state index contributed by atoms with van der Waals surface area (Å²) in [5.41, 5.74) is 2.77. The maximum atomic E-state index is 13.8. The molecule has 3 rings (SSSR count). The van der Waals surface area contributed by atoms with Gasteiger partial charge in [-0.2, -0.15) is 5.10 Å². The van der Waals surface area contributed by atoms with E-state index in [1.165, 1.54) is 24.4 Å². The van der Waals surface area contributed by atoms with Gasteiger partial charge in [-0.15, -0.1) is 0 Å². The Morgan fingerprint density at radius 3 is 2.54 bits per heavy atom. The van der Waals surface area contributed by atoms with E-state index in [-0.39, 0.29) is 11.8 Å². The highest BCUT2D eigenvalue weighted by Gasteiger charge is 2.11. The lowest BCUT2D eigenvalue weighted by atomic mass is 10.1. The Morgan fingerprint density at radius 2 is 1.89 bits per heavy atom. The van der Waals surface area contributed by atoms with Crippen molar-refractivity contribution in [3.8, 4) is 5.75 Å². The highest BCUT2D eigenvalue weighted by Crippen LogP contribution is 2.18. The van der Waals surface area contributed by atoms with Crippen LogP contribution >= 0.6 is 0 Å². The molecule has 0 bridgehead atoms. The Morgan fingerprint density at radius 1 is 1.18 bits per heavy atom. The number of hydrogen-bond acceptors (Lipinski definition) is 4. The molecule has 0 saturated carbocycles. The fourth-order valence-corrected chi connectivity index (χ4v) is 2.73. The summed E-state index contributed by atoms with van der Waals surface area (Å²) in [5, 5.41) is 6.94. The topological polar surface area (TPSA) is 72.3 Å². The highest BCUT2D eigenvalue weighted by atomic mass is 19.1. The maximum Gasteiger partial charge on any atom is 0.317 e. The molecule has 0 atom stereocenters. The van der Waals surface area contributed by atoms with E-state index in [1.54, 1.807) is 30.2 Å². The van der Waals surface area contributed by atoms with E-state index in [0.717, 1.165) is 11.1 Å². The molecule has 0 spiro atoms. The number of benzene rings is 2. The quantitative estimate of drug-likeness (QED) is 0.681. The molecule has 8 heteroatoms. The van der Waals surface area contributed by atoms with Gasteiger partial charge in [0.1, 0.15) is 12.7 Å². The fourth-order valence-electron chi connectivity index (χ4n) is 2.73. The first kappa shape index (κ1) is 19.3. The molecule has 0 aliphatic heterocycles. The zero-order chi connectivity index (χ0) is 19.9. The van der Waals surface area contributed by atoms with Gasteiger partial charge < -0.3 is 15.0 Å². The SMILES string of the molecule is COc1ccc(CN(C)C(=O)NCc2ccc(Cn3cncn3)cc2)cc1F. The molecular formula is C20H22FN5O2. The van der Waals surface area contributed by atoms with Crippen molar-refractivity contribution in [3.05, 3.63) is 77.6 Å². The van der Waals surface area contributed by atoms with Crippen LogP contribution in [0.4, 0.5) is 9.18 Å². The molecule has 1 N–H and O–H groups in total. The average molecular weight is 383 g/mol. The number of hydrogen-bond donors (Lipinski definition) is 1. The molecule has 28 heavy (non-hydrogen) atoms. The largest absolute Gasteiger partial charge is 0.494 e. The third kappa shape index (κ3) is 5.06. The van der Waals surface area contributed by atoms with Crippen LogP contribution in [0.3, 0.4) is 0 Å². The molecular weight excluding hydrogens is 361 g/mol. The summed E-state index contributed by atoms with van der Waals surface area (Å²) in [6.07, 6.45) is 3.17. The monoisotopic (exact) mass is 383 g/mol. The fraction of sp³-hybridized carbons (Fsp3) is 0.250. The second kappa shape index (κ2) is 8.98. The summed E-state index contributed by atoms with van der Waals surface area (Å²) in [4.78, 5) is 17.7.